The molecule has 1 saturated carbocycles. The summed E-state index contributed by atoms with van der Waals surface area (Å²) in [5.41, 5.74) is 0. The molecule has 0 spiro atoms. The number of rotatable bonds is 1. The van der Waals surface area contributed by atoms with E-state index in [4.69, 9.17) is 10.6 Å². The second-order valence-corrected chi connectivity index (χ2v) is 1.01. The highest BCUT2D eigenvalue weighted by Gasteiger charge is 2.28. The summed E-state index contributed by atoms with van der Waals surface area (Å²) < 4.78 is 27.5. The molecule has 1 fully saturated rings. The van der Waals surface area contributed by atoms with E-state index in [1.165, 1.54) is 0 Å². The van der Waals surface area contributed by atoms with Crippen molar-refractivity contribution in [2.24, 2.45) is 5.89 Å². The third kappa shape index (κ3) is 0.506. The Kier molecular flexibility index (Phi) is 0.196. The maximum Gasteiger partial charge on any atom is 0.306 e. The molecule has 1 rings (SSSR count). The summed E-state index contributed by atoms with van der Waals surface area (Å²) in [5, 5.41) is 8.27. The zero-order valence-corrected chi connectivity index (χ0v) is 2.93. The van der Waals surface area contributed by atoms with Crippen molar-refractivity contribution in [1.82, 2.24) is 0 Å². The van der Waals surface area contributed by atoms with Crippen molar-refractivity contribution in [3.8, 4) is 0 Å². The van der Waals surface area contributed by atoms with Gasteiger partial charge in [-0.1, -0.05) is 0 Å². The summed E-state index contributed by atoms with van der Waals surface area (Å²) in [6.45, 7) is 0. The Morgan fingerprint density at radius 1 is 2.33 bits per heavy atom. The number of carbonyl (C=O) groups is 1. The number of aliphatic carboxylic acids is 1. The molecule has 2 atom stereocenters. The van der Waals surface area contributed by atoms with E-state index in [2.05, 4.69) is 0 Å². The van der Waals surface area contributed by atoms with Crippen LogP contribution >= 0.6 is 0 Å². The van der Waals surface area contributed by atoms with Crippen LogP contribution in [0.5, 0.6) is 0 Å². The topological polar surface area (TPSA) is 37.3 Å². The highest BCUT2D eigenvalue weighted by molar-refractivity contribution is 5.72. The van der Waals surface area contributed by atoms with Crippen LogP contribution in [0.1, 0.15) is 18.3 Å². The lowest BCUT2D eigenvalue weighted by Crippen LogP contribution is -1.94. The lowest BCUT2D eigenvalue weighted by molar-refractivity contribution is -0.138. The summed E-state index contributed by atoms with van der Waals surface area (Å²) in [4.78, 5) is 10.2. The van der Waals surface area contributed by atoms with Gasteiger partial charge in [0.2, 0.25) is 0 Å². The summed E-state index contributed by atoms with van der Waals surface area (Å²) in [6.07, 6.45) is -3.63. The van der Waals surface area contributed by atoms with Gasteiger partial charge < -0.3 is 5.11 Å². The first kappa shape index (κ1) is 1.22. The second kappa shape index (κ2) is 0.965. The molecular formula is C4H6O2. The second-order valence-electron chi connectivity index (χ2n) is 1.01. The number of hydrogen-bond acceptors (Lipinski definition) is 1. The summed E-state index contributed by atoms with van der Waals surface area (Å²) in [5.74, 6) is -3.79. The molecule has 2 heteroatoms. The zero-order chi connectivity index (χ0) is 8.15. The van der Waals surface area contributed by atoms with Crippen molar-refractivity contribution in [3.05, 3.63) is 0 Å². The van der Waals surface area contributed by atoms with Gasteiger partial charge in [-0.2, -0.15) is 0 Å². The van der Waals surface area contributed by atoms with Crippen LogP contribution in [0, 0.1) is 5.89 Å². The monoisotopic (exact) mass is 90.1 g/mol. The van der Waals surface area contributed by atoms with Gasteiger partial charge in [-0.15, -0.1) is 0 Å². The molecule has 2 unspecified atom stereocenters. The third-order valence-electron chi connectivity index (χ3n) is 0.519. The number of carboxylic acids is 1. The van der Waals surface area contributed by atoms with Crippen LogP contribution in [0.25, 0.3) is 0 Å². The molecule has 2 nitrogen and oxygen atoms in total. The largest absolute Gasteiger partial charge is 0.481 e. The normalized spacial score (nSPS) is 72.3. The van der Waals surface area contributed by atoms with E-state index in [9.17, 15) is 4.79 Å². The molecule has 0 radical (unpaired) electrons. The Bertz CT molecular complexity index is 192. The third-order valence-corrected chi connectivity index (χ3v) is 0.519. The predicted molar refractivity (Wildman–Crippen MR) is 20.4 cm³/mol. The first-order valence-electron chi connectivity index (χ1n) is 3.58. The number of hydrogen-bond donors (Lipinski definition) is 1. The Morgan fingerprint density at radius 2 is 2.83 bits per heavy atom. The quantitative estimate of drug-likeness (QED) is 0.508. The van der Waals surface area contributed by atoms with Crippen molar-refractivity contribution in [2.45, 2.75) is 12.8 Å². The number of carboxylic acid groups (broad SMARTS) is 1. The first-order valence-corrected chi connectivity index (χ1v) is 1.51. The molecule has 0 amide bonds. The smallest absolute Gasteiger partial charge is 0.306 e. The fraction of sp³-hybridized carbons (Fsp3) is 0.750. The standard InChI is InChI=1S/C4H6O2/c5-4(6)3-1-2-3/h3H,1-2H2,(H,5,6)/i1D,2D2,3D. The van der Waals surface area contributed by atoms with Gasteiger partial charge in [0.1, 0.15) is 0 Å². The van der Waals surface area contributed by atoms with Gasteiger partial charge >= 0.3 is 5.97 Å². The van der Waals surface area contributed by atoms with Gasteiger partial charge in [0, 0.05) is 5.48 Å². The van der Waals surface area contributed by atoms with Gasteiger partial charge in [0.05, 0.1) is 5.89 Å². The van der Waals surface area contributed by atoms with E-state index < -0.39 is 24.6 Å². The summed E-state index contributed by atoms with van der Waals surface area (Å²) in [7, 11) is 0. The van der Waals surface area contributed by atoms with E-state index >= 15 is 0 Å². The molecule has 34 valence electrons. The molecule has 0 aromatic heterocycles. The van der Waals surface area contributed by atoms with Crippen molar-refractivity contribution < 1.29 is 15.4 Å². The Balaban J connectivity index is 2.88. The van der Waals surface area contributed by atoms with Gasteiger partial charge in [-0.25, -0.2) is 0 Å². The van der Waals surface area contributed by atoms with Crippen LogP contribution in [0.4, 0.5) is 0 Å². The minimum Gasteiger partial charge on any atom is -0.481 e. The molecule has 0 saturated heterocycles. The van der Waals surface area contributed by atoms with Crippen LogP contribution < -0.4 is 0 Å². The van der Waals surface area contributed by atoms with Crippen molar-refractivity contribution >= 4 is 5.97 Å². The Labute approximate surface area is 41.4 Å². The molecule has 1 aliphatic rings. The van der Waals surface area contributed by atoms with Gasteiger partial charge in [-0.3, -0.25) is 4.79 Å². The maximum absolute atomic E-state index is 10.2. The predicted octanol–water partition coefficient (Wildman–Crippen LogP) is 0.481. The lowest BCUT2D eigenvalue weighted by atomic mass is 10.5. The van der Waals surface area contributed by atoms with E-state index in [1.807, 2.05) is 0 Å². The van der Waals surface area contributed by atoms with Crippen LogP contribution in [0.15, 0.2) is 0 Å². The average Bonchev–Trinajstić information content (AvgIpc) is 2.16. The minimum atomic E-state index is -2.23. The highest BCUT2D eigenvalue weighted by Crippen LogP contribution is 2.28. The fourth-order valence-corrected chi connectivity index (χ4v) is 0.160. The SMILES string of the molecule is [2H]C1C([2H])([2H])C1([2H])C(=O)O. The van der Waals surface area contributed by atoms with Gasteiger partial charge in [-0.05, 0) is 12.8 Å². The molecule has 6 heavy (non-hydrogen) atoms. The molecule has 0 bridgehead atoms. The maximum atomic E-state index is 10.2. The van der Waals surface area contributed by atoms with E-state index in [1.54, 1.807) is 0 Å². The van der Waals surface area contributed by atoms with Crippen LogP contribution in [0.3, 0.4) is 0 Å². The molecule has 0 aromatic rings. The molecule has 0 heterocycles. The van der Waals surface area contributed by atoms with E-state index in [-0.39, 0.29) is 0 Å². The summed E-state index contributed by atoms with van der Waals surface area (Å²) >= 11 is 0. The van der Waals surface area contributed by atoms with Crippen molar-refractivity contribution in [1.29, 1.82) is 0 Å². The zero-order valence-electron chi connectivity index (χ0n) is 6.93. The van der Waals surface area contributed by atoms with Gasteiger partial charge in [0.25, 0.3) is 0 Å². The molecule has 0 aromatic carbocycles. The highest BCUT2D eigenvalue weighted by atomic mass is 16.4. The lowest BCUT2D eigenvalue weighted by Gasteiger charge is -1.75. The molecular weight excluding hydrogens is 80.0 g/mol. The van der Waals surface area contributed by atoms with Crippen molar-refractivity contribution in [2.75, 3.05) is 0 Å². The van der Waals surface area contributed by atoms with E-state index in [0.717, 1.165) is 0 Å². The van der Waals surface area contributed by atoms with Gasteiger partial charge in [0.15, 0.2) is 0 Å². The summed E-state index contributed by atoms with van der Waals surface area (Å²) in [6, 6.07) is 0. The molecule has 1 aliphatic carbocycles. The fourth-order valence-electron chi connectivity index (χ4n) is 0.160. The Morgan fingerprint density at radius 3 is 2.83 bits per heavy atom. The van der Waals surface area contributed by atoms with Crippen molar-refractivity contribution in [3.63, 3.8) is 0 Å². The minimum absolute atomic E-state index is 1.45. The van der Waals surface area contributed by atoms with Crippen LogP contribution in [0.2, 0.25) is 0 Å². The van der Waals surface area contributed by atoms with Crippen LogP contribution in [-0.4, -0.2) is 11.1 Å². The van der Waals surface area contributed by atoms with E-state index in [0.29, 0.717) is 0 Å². The van der Waals surface area contributed by atoms with Crippen LogP contribution in [-0.2, 0) is 4.79 Å². The average molecular weight is 90.1 g/mol. The first-order chi connectivity index (χ1) is 4.35. The Hall–Kier alpha value is -0.530. The molecule has 1 N–H and O–H groups in total. The molecule has 0 aliphatic heterocycles.